The van der Waals surface area contributed by atoms with E-state index in [1.807, 2.05) is 19.1 Å². The molecule has 0 radical (unpaired) electrons. The lowest BCUT2D eigenvalue weighted by Crippen LogP contribution is -2.10. The van der Waals surface area contributed by atoms with Gasteiger partial charge < -0.3 is 9.84 Å². The minimum atomic E-state index is -0.964. The zero-order valence-corrected chi connectivity index (χ0v) is 9.37. The van der Waals surface area contributed by atoms with Crippen molar-refractivity contribution in [2.75, 3.05) is 6.61 Å². The molecule has 1 N–H and O–H groups in total. The molecule has 0 fully saturated rings. The maximum Gasteiger partial charge on any atom is 0.341 e. The predicted octanol–water partition coefficient (Wildman–Crippen LogP) is 2.35. The van der Waals surface area contributed by atoms with Crippen LogP contribution in [-0.2, 0) is 10.1 Å². The van der Waals surface area contributed by atoms with Crippen LogP contribution in [0.1, 0.15) is 11.1 Å². The molecule has 0 aromatic heterocycles. The Hall–Kier alpha value is -1.03. The first-order valence-electron chi connectivity index (χ1n) is 4.13. The summed E-state index contributed by atoms with van der Waals surface area (Å²) in [7, 11) is 0. The molecule has 0 unspecified atom stereocenters. The Morgan fingerprint density at radius 1 is 1.57 bits per heavy atom. The third-order valence-electron chi connectivity index (χ3n) is 1.74. The summed E-state index contributed by atoms with van der Waals surface area (Å²) in [6.07, 6.45) is 0. The van der Waals surface area contributed by atoms with Crippen molar-refractivity contribution in [3.05, 3.63) is 29.3 Å². The second-order valence-corrected chi connectivity index (χ2v) is 3.48. The van der Waals surface area contributed by atoms with Gasteiger partial charge in [0.1, 0.15) is 5.75 Å². The van der Waals surface area contributed by atoms with Crippen molar-refractivity contribution in [3.63, 3.8) is 0 Å². The van der Waals surface area contributed by atoms with Crippen molar-refractivity contribution < 1.29 is 14.6 Å². The number of carboxylic acids is 1. The fourth-order valence-electron chi connectivity index (χ4n) is 1.10. The van der Waals surface area contributed by atoms with E-state index in [1.54, 1.807) is 6.07 Å². The van der Waals surface area contributed by atoms with Gasteiger partial charge in [0.05, 0.1) is 0 Å². The summed E-state index contributed by atoms with van der Waals surface area (Å²) >= 11 is 3.34. The number of carbonyl (C=O) groups is 1. The smallest absolute Gasteiger partial charge is 0.341 e. The molecule has 0 bridgehead atoms. The van der Waals surface area contributed by atoms with Crippen LogP contribution in [0.5, 0.6) is 5.75 Å². The molecule has 0 saturated heterocycles. The third-order valence-corrected chi connectivity index (χ3v) is 2.39. The summed E-state index contributed by atoms with van der Waals surface area (Å²) < 4.78 is 5.08. The van der Waals surface area contributed by atoms with Gasteiger partial charge >= 0.3 is 5.97 Å². The first-order chi connectivity index (χ1) is 6.63. The molecule has 1 rings (SSSR count). The number of aliphatic carboxylic acids is 1. The van der Waals surface area contributed by atoms with Gasteiger partial charge in [0.25, 0.3) is 0 Å². The van der Waals surface area contributed by atoms with Crippen molar-refractivity contribution in [2.45, 2.75) is 12.3 Å². The number of hydrogen-bond acceptors (Lipinski definition) is 2. The number of hydrogen-bond donors (Lipinski definition) is 1. The molecule has 0 aliphatic rings. The monoisotopic (exact) mass is 258 g/mol. The predicted molar refractivity (Wildman–Crippen MR) is 56.9 cm³/mol. The zero-order chi connectivity index (χ0) is 10.6. The molecule has 0 aliphatic carbocycles. The molecule has 1 aromatic carbocycles. The van der Waals surface area contributed by atoms with Crippen LogP contribution in [0.4, 0.5) is 0 Å². The van der Waals surface area contributed by atoms with Gasteiger partial charge in [0.2, 0.25) is 0 Å². The minimum Gasteiger partial charge on any atom is -0.482 e. The molecule has 0 aliphatic heterocycles. The summed E-state index contributed by atoms with van der Waals surface area (Å²) in [5.41, 5.74) is 2.09. The van der Waals surface area contributed by atoms with E-state index in [1.165, 1.54) is 0 Å². The molecule has 14 heavy (non-hydrogen) atoms. The number of aryl methyl sites for hydroxylation is 1. The molecule has 0 atom stereocenters. The number of rotatable bonds is 4. The molecule has 0 heterocycles. The lowest BCUT2D eigenvalue weighted by Gasteiger charge is -2.07. The summed E-state index contributed by atoms with van der Waals surface area (Å²) in [5, 5.41) is 9.22. The van der Waals surface area contributed by atoms with Crippen LogP contribution < -0.4 is 4.74 Å². The number of halogens is 1. The molecule has 1 aromatic rings. The molecule has 76 valence electrons. The fourth-order valence-corrected chi connectivity index (χ4v) is 1.44. The number of benzene rings is 1. The second kappa shape index (κ2) is 5.00. The standard InChI is InChI=1S/C10H11BrO3/c1-7-4-8(5-11)2-3-9(7)14-6-10(12)13/h2-4H,5-6H2,1H3,(H,12,13). The van der Waals surface area contributed by atoms with Crippen molar-refractivity contribution in [1.82, 2.24) is 0 Å². The number of carboxylic acid groups (broad SMARTS) is 1. The first-order valence-corrected chi connectivity index (χ1v) is 5.25. The summed E-state index contributed by atoms with van der Waals surface area (Å²) in [6.45, 7) is 1.60. The quantitative estimate of drug-likeness (QED) is 0.844. The van der Waals surface area contributed by atoms with Crippen molar-refractivity contribution >= 4 is 21.9 Å². The van der Waals surface area contributed by atoms with Crippen molar-refractivity contribution in [1.29, 1.82) is 0 Å². The fraction of sp³-hybridized carbons (Fsp3) is 0.300. The summed E-state index contributed by atoms with van der Waals surface area (Å²) in [6, 6.07) is 5.65. The Morgan fingerprint density at radius 3 is 2.79 bits per heavy atom. The molecule has 0 amide bonds. The van der Waals surface area contributed by atoms with Crippen molar-refractivity contribution in [3.8, 4) is 5.75 Å². The highest BCUT2D eigenvalue weighted by Crippen LogP contribution is 2.20. The van der Waals surface area contributed by atoms with Gasteiger partial charge in [-0.3, -0.25) is 0 Å². The Labute approximate surface area is 90.8 Å². The Bertz CT molecular complexity index is 336. The molecule has 4 heteroatoms. The second-order valence-electron chi connectivity index (χ2n) is 2.92. The Balaban J connectivity index is 2.73. The molecule has 3 nitrogen and oxygen atoms in total. The van der Waals surface area contributed by atoms with Gasteiger partial charge in [-0.25, -0.2) is 4.79 Å². The van der Waals surface area contributed by atoms with Crippen LogP contribution in [0, 0.1) is 6.92 Å². The highest BCUT2D eigenvalue weighted by Gasteiger charge is 2.03. The zero-order valence-electron chi connectivity index (χ0n) is 7.79. The average molecular weight is 259 g/mol. The highest BCUT2D eigenvalue weighted by molar-refractivity contribution is 9.08. The van der Waals surface area contributed by atoms with Crippen LogP contribution in [0.15, 0.2) is 18.2 Å². The largest absolute Gasteiger partial charge is 0.482 e. The Morgan fingerprint density at radius 2 is 2.29 bits per heavy atom. The van der Waals surface area contributed by atoms with Gasteiger partial charge in [-0.2, -0.15) is 0 Å². The van der Waals surface area contributed by atoms with Crippen LogP contribution in [0.25, 0.3) is 0 Å². The van der Waals surface area contributed by atoms with E-state index < -0.39 is 5.97 Å². The summed E-state index contributed by atoms with van der Waals surface area (Å²) in [5.74, 6) is -0.342. The van der Waals surface area contributed by atoms with E-state index in [-0.39, 0.29) is 6.61 Å². The number of alkyl halides is 1. The average Bonchev–Trinajstić information content (AvgIpc) is 2.15. The van der Waals surface area contributed by atoms with E-state index in [0.717, 1.165) is 16.5 Å². The third kappa shape index (κ3) is 3.03. The van der Waals surface area contributed by atoms with E-state index in [4.69, 9.17) is 9.84 Å². The van der Waals surface area contributed by atoms with Crippen LogP contribution >= 0.6 is 15.9 Å². The SMILES string of the molecule is Cc1cc(CBr)ccc1OCC(=O)O. The first kappa shape index (κ1) is 11.0. The molecule has 0 saturated carbocycles. The van der Waals surface area contributed by atoms with E-state index in [9.17, 15) is 4.79 Å². The molecular weight excluding hydrogens is 248 g/mol. The van der Waals surface area contributed by atoms with Gasteiger partial charge in [-0.05, 0) is 24.1 Å². The van der Waals surface area contributed by atoms with Crippen LogP contribution in [0.3, 0.4) is 0 Å². The van der Waals surface area contributed by atoms with Gasteiger partial charge in [0.15, 0.2) is 6.61 Å². The van der Waals surface area contributed by atoms with Gasteiger partial charge in [-0.15, -0.1) is 0 Å². The Kier molecular flexibility index (Phi) is 3.95. The molecular formula is C10H11BrO3. The van der Waals surface area contributed by atoms with Crippen molar-refractivity contribution in [2.24, 2.45) is 0 Å². The van der Waals surface area contributed by atoms with E-state index >= 15 is 0 Å². The van der Waals surface area contributed by atoms with Crippen LogP contribution in [0.2, 0.25) is 0 Å². The maximum absolute atomic E-state index is 10.3. The van der Waals surface area contributed by atoms with E-state index in [2.05, 4.69) is 15.9 Å². The van der Waals surface area contributed by atoms with Crippen LogP contribution in [-0.4, -0.2) is 17.7 Å². The summed E-state index contributed by atoms with van der Waals surface area (Å²) in [4.78, 5) is 10.3. The topological polar surface area (TPSA) is 46.5 Å². The normalized spacial score (nSPS) is 9.86. The minimum absolute atomic E-state index is 0.297. The van der Waals surface area contributed by atoms with Gasteiger partial charge in [-0.1, -0.05) is 28.1 Å². The number of ether oxygens (including phenoxy) is 1. The molecule has 0 spiro atoms. The lowest BCUT2D eigenvalue weighted by molar-refractivity contribution is -0.139. The van der Waals surface area contributed by atoms with Gasteiger partial charge in [0, 0.05) is 5.33 Å². The lowest BCUT2D eigenvalue weighted by atomic mass is 10.1. The maximum atomic E-state index is 10.3. The van der Waals surface area contributed by atoms with E-state index in [0.29, 0.717) is 5.75 Å². The highest BCUT2D eigenvalue weighted by atomic mass is 79.9.